The Morgan fingerprint density at radius 1 is 1.20 bits per heavy atom. The number of carbonyl (C=O) groups excluding carboxylic acids is 1. The summed E-state index contributed by atoms with van der Waals surface area (Å²) in [4.78, 5) is 11.3. The van der Waals surface area contributed by atoms with Crippen LogP contribution in [0.15, 0.2) is 0 Å². The molecule has 0 bridgehead atoms. The van der Waals surface area contributed by atoms with Gasteiger partial charge in [0.25, 0.3) is 0 Å². The predicted octanol–water partition coefficient (Wildman–Crippen LogP) is 2.62. The van der Waals surface area contributed by atoms with Crippen molar-refractivity contribution in [3.8, 4) is 0 Å². The molecule has 0 atom stereocenters. The maximum absolute atomic E-state index is 11.3. The molecule has 0 aromatic rings. The lowest BCUT2D eigenvalue weighted by Crippen LogP contribution is -2.46. The monoisotopic (exact) mass is 232 g/mol. The van der Waals surface area contributed by atoms with E-state index < -0.39 is 0 Å². The molecule has 0 fully saturated rings. The summed E-state index contributed by atoms with van der Waals surface area (Å²) in [6.07, 6.45) is 5.62. The number of urea groups is 1. The molecule has 15 heavy (non-hydrogen) atoms. The number of carbonyl (C=O) groups is 1. The number of amides is 2. The highest BCUT2D eigenvalue weighted by Gasteiger charge is 2.12. The van der Waals surface area contributed by atoms with Gasteiger partial charge in [0.2, 0.25) is 0 Å². The molecule has 3 nitrogen and oxygen atoms in total. The van der Waals surface area contributed by atoms with Gasteiger partial charge in [0.15, 0.2) is 0 Å². The van der Waals surface area contributed by atoms with Crippen molar-refractivity contribution in [3.63, 3.8) is 0 Å². The summed E-state index contributed by atoms with van der Waals surface area (Å²) in [5.74, 6) is 1.22. The quantitative estimate of drug-likeness (QED) is 0.691. The van der Waals surface area contributed by atoms with Crippen LogP contribution in [0.1, 0.15) is 40.0 Å². The van der Waals surface area contributed by atoms with Gasteiger partial charge in [-0.15, -0.1) is 0 Å². The smallest absolute Gasteiger partial charge is 0.315 e. The molecule has 0 aliphatic carbocycles. The van der Waals surface area contributed by atoms with Crippen molar-refractivity contribution < 1.29 is 4.79 Å². The maximum Gasteiger partial charge on any atom is 0.315 e. The van der Waals surface area contributed by atoms with E-state index in [1.54, 1.807) is 0 Å². The van der Waals surface area contributed by atoms with Crippen LogP contribution in [-0.4, -0.2) is 30.1 Å². The molecular formula is C11H24N2OS. The molecule has 0 heterocycles. The topological polar surface area (TPSA) is 41.1 Å². The maximum atomic E-state index is 11.3. The van der Waals surface area contributed by atoms with Crippen molar-refractivity contribution in [1.82, 2.24) is 10.6 Å². The number of rotatable bonds is 6. The highest BCUT2D eigenvalue weighted by atomic mass is 32.2. The average molecular weight is 232 g/mol. The molecule has 90 valence electrons. The van der Waals surface area contributed by atoms with Gasteiger partial charge < -0.3 is 10.6 Å². The average Bonchev–Trinajstić information content (AvgIpc) is 2.08. The Kier molecular flexibility index (Phi) is 7.65. The fourth-order valence-corrected chi connectivity index (χ4v) is 1.63. The van der Waals surface area contributed by atoms with Gasteiger partial charge in [-0.3, -0.25) is 0 Å². The van der Waals surface area contributed by atoms with Crippen LogP contribution in [0.25, 0.3) is 0 Å². The SMILES string of the molecule is CSCCCCCNC(=O)NC(C)(C)C. The standard InChI is InChI=1S/C11H24N2OS/c1-11(2,3)13-10(14)12-8-6-5-7-9-15-4/h5-9H2,1-4H3,(H2,12,13,14). The predicted molar refractivity (Wildman–Crippen MR) is 68.5 cm³/mol. The van der Waals surface area contributed by atoms with Crippen molar-refractivity contribution in [3.05, 3.63) is 0 Å². The largest absolute Gasteiger partial charge is 0.338 e. The lowest BCUT2D eigenvalue weighted by Gasteiger charge is -2.20. The number of hydrogen-bond donors (Lipinski definition) is 2. The van der Waals surface area contributed by atoms with E-state index in [0.717, 1.165) is 13.0 Å². The van der Waals surface area contributed by atoms with Crippen LogP contribution >= 0.6 is 11.8 Å². The van der Waals surface area contributed by atoms with Gasteiger partial charge >= 0.3 is 6.03 Å². The van der Waals surface area contributed by atoms with Crippen molar-refractivity contribution >= 4 is 17.8 Å². The van der Waals surface area contributed by atoms with Crippen LogP contribution in [-0.2, 0) is 0 Å². The first-order valence-corrected chi connectivity index (χ1v) is 6.90. The van der Waals surface area contributed by atoms with Gasteiger partial charge in [-0.1, -0.05) is 6.42 Å². The molecule has 4 heteroatoms. The minimum absolute atomic E-state index is 0.0626. The molecule has 2 amide bonds. The summed E-state index contributed by atoms with van der Waals surface area (Å²) < 4.78 is 0. The third kappa shape index (κ3) is 11.5. The first-order chi connectivity index (χ1) is 6.95. The molecule has 0 saturated heterocycles. The summed E-state index contributed by atoms with van der Waals surface area (Å²) in [7, 11) is 0. The van der Waals surface area contributed by atoms with Gasteiger partial charge in [0, 0.05) is 12.1 Å². The van der Waals surface area contributed by atoms with Gasteiger partial charge in [-0.05, 0) is 45.6 Å². The highest BCUT2D eigenvalue weighted by Crippen LogP contribution is 2.01. The van der Waals surface area contributed by atoms with E-state index >= 15 is 0 Å². The van der Waals surface area contributed by atoms with E-state index in [1.807, 2.05) is 32.5 Å². The van der Waals surface area contributed by atoms with Gasteiger partial charge in [-0.2, -0.15) is 11.8 Å². The first-order valence-electron chi connectivity index (χ1n) is 5.50. The zero-order chi connectivity index (χ0) is 11.7. The summed E-state index contributed by atoms with van der Waals surface area (Å²) >= 11 is 1.87. The van der Waals surface area contributed by atoms with Crippen LogP contribution in [0.5, 0.6) is 0 Å². The summed E-state index contributed by atoms with van der Waals surface area (Å²) in [6, 6.07) is -0.0626. The second-order valence-corrected chi connectivity index (χ2v) is 5.67. The Labute approximate surface area is 97.8 Å². The van der Waals surface area contributed by atoms with E-state index in [-0.39, 0.29) is 11.6 Å². The number of thioether (sulfide) groups is 1. The van der Waals surface area contributed by atoms with Gasteiger partial charge in [-0.25, -0.2) is 4.79 Å². The van der Waals surface area contributed by atoms with E-state index in [9.17, 15) is 4.79 Å². The van der Waals surface area contributed by atoms with Crippen LogP contribution in [0.2, 0.25) is 0 Å². The molecule has 0 aliphatic heterocycles. The number of unbranched alkanes of at least 4 members (excludes halogenated alkanes) is 2. The van der Waals surface area contributed by atoms with E-state index in [1.165, 1.54) is 18.6 Å². The Morgan fingerprint density at radius 2 is 1.87 bits per heavy atom. The molecule has 0 aromatic carbocycles. The van der Waals surface area contributed by atoms with Gasteiger partial charge in [0.05, 0.1) is 0 Å². The Balaban J connectivity index is 3.32. The highest BCUT2D eigenvalue weighted by molar-refractivity contribution is 7.98. The molecule has 0 rings (SSSR count). The lowest BCUT2D eigenvalue weighted by atomic mass is 10.1. The van der Waals surface area contributed by atoms with Crippen LogP contribution in [0, 0.1) is 0 Å². The second-order valence-electron chi connectivity index (χ2n) is 4.68. The van der Waals surface area contributed by atoms with Gasteiger partial charge in [0.1, 0.15) is 0 Å². The fraction of sp³-hybridized carbons (Fsp3) is 0.909. The second kappa shape index (κ2) is 7.85. The summed E-state index contributed by atoms with van der Waals surface area (Å²) in [5.41, 5.74) is -0.150. The summed E-state index contributed by atoms with van der Waals surface area (Å²) in [6.45, 7) is 6.71. The minimum atomic E-state index is -0.150. The van der Waals surface area contributed by atoms with E-state index in [2.05, 4.69) is 16.9 Å². The normalized spacial score (nSPS) is 11.2. The van der Waals surface area contributed by atoms with E-state index in [4.69, 9.17) is 0 Å². The first kappa shape index (κ1) is 14.6. The zero-order valence-electron chi connectivity index (χ0n) is 10.4. The molecule has 0 aliphatic rings. The molecule has 0 saturated carbocycles. The third-order valence-electron chi connectivity index (χ3n) is 1.80. The van der Waals surface area contributed by atoms with Crippen molar-refractivity contribution in [2.24, 2.45) is 0 Å². The third-order valence-corrected chi connectivity index (χ3v) is 2.50. The molecular weight excluding hydrogens is 208 g/mol. The van der Waals surface area contributed by atoms with Crippen molar-refractivity contribution in [2.75, 3.05) is 18.6 Å². The van der Waals surface area contributed by atoms with Crippen molar-refractivity contribution in [2.45, 2.75) is 45.6 Å². The number of hydrogen-bond acceptors (Lipinski definition) is 2. The Morgan fingerprint density at radius 3 is 2.40 bits per heavy atom. The van der Waals surface area contributed by atoms with Crippen molar-refractivity contribution in [1.29, 1.82) is 0 Å². The lowest BCUT2D eigenvalue weighted by molar-refractivity contribution is 0.232. The van der Waals surface area contributed by atoms with E-state index in [0.29, 0.717) is 0 Å². The van der Waals surface area contributed by atoms with Crippen LogP contribution < -0.4 is 10.6 Å². The molecule has 0 spiro atoms. The molecule has 2 N–H and O–H groups in total. The Bertz CT molecular complexity index is 178. The fourth-order valence-electron chi connectivity index (χ4n) is 1.13. The van der Waals surface area contributed by atoms with Crippen LogP contribution in [0.3, 0.4) is 0 Å². The van der Waals surface area contributed by atoms with Crippen LogP contribution in [0.4, 0.5) is 4.79 Å². The summed E-state index contributed by atoms with van der Waals surface area (Å²) in [5, 5.41) is 5.73. The molecule has 0 unspecified atom stereocenters. The molecule has 0 radical (unpaired) electrons. The minimum Gasteiger partial charge on any atom is -0.338 e. The number of nitrogens with one attached hydrogen (secondary N) is 2. The Hall–Kier alpha value is -0.380. The molecule has 0 aromatic heterocycles. The zero-order valence-corrected chi connectivity index (χ0v) is 11.2.